The van der Waals surface area contributed by atoms with Crippen molar-refractivity contribution in [2.75, 3.05) is 13.2 Å². The lowest BCUT2D eigenvalue weighted by molar-refractivity contribution is -0.142. The summed E-state index contributed by atoms with van der Waals surface area (Å²) >= 11 is 6.25. The third kappa shape index (κ3) is 6.57. The Morgan fingerprint density at radius 1 is 1.18 bits per heavy atom. The fourth-order valence-electron chi connectivity index (χ4n) is 4.68. The Kier molecular flexibility index (Phi) is 10.4. The van der Waals surface area contributed by atoms with Crippen LogP contribution in [0.25, 0.3) is 11.1 Å². The van der Waals surface area contributed by atoms with Gasteiger partial charge in [0.25, 0.3) is 0 Å². The van der Waals surface area contributed by atoms with E-state index in [0.717, 1.165) is 28.8 Å². The van der Waals surface area contributed by atoms with Crippen LogP contribution in [-0.4, -0.2) is 61.0 Å². The van der Waals surface area contributed by atoms with Crippen LogP contribution in [0.2, 0.25) is 5.02 Å². The fourth-order valence-corrected chi connectivity index (χ4v) is 4.91. The molecular weight excluding hydrogens is 504 g/mol. The zero-order chi connectivity index (χ0) is 27.8. The summed E-state index contributed by atoms with van der Waals surface area (Å²) in [6.07, 6.45) is 6.31. The Labute approximate surface area is 229 Å². The van der Waals surface area contributed by atoms with Gasteiger partial charge in [0.1, 0.15) is 12.1 Å². The molecule has 0 saturated carbocycles. The van der Waals surface area contributed by atoms with Crippen LogP contribution >= 0.6 is 11.6 Å². The van der Waals surface area contributed by atoms with Crippen LogP contribution in [0.15, 0.2) is 48.9 Å². The molecule has 0 spiro atoms. The molecule has 0 radical (unpaired) electrons. The maximum atomic E-state index is 13.5. The summed E-state index contributed by atoms with van der Waals surface area (Å²) in [5.41, 5.74) is 3.25. The molecule has 204 valence electrons. The van der Waals surface area contributed by atoms with Crippen LogP contribution in [0.5, 0.6) is 0 Å². The number of nitrogens with zero attached hydrogens (tertiary/aromatic N) is 5. The first-order chi connectivity index (χ1) is 18.3. The molecule has 1 aliphatic rings. The number of hydrogen-bond acceptors (Lipinski definition) is 6. The number of rotatable bonds is 8. The van der Waals surface area contributed by atoms with Crippen molar-refractivity contribution in [1.29, 1.82) is 0 Å². The van der Waals surface area contributed by atoms with E-state index in [4.69, 9.17) is 11.6 Å². The van der Waals surface area contributed by atoms with Crippen LogP contribution in [0, 0.1) is 12.8 Å². The van der Waals surface area contributed by atoms with Gasteiger partial charge in [0.15, 0.2) is 0 Å². The number of aliphatic hydroxyl groups is 1. The minimum atomic E-state index is -0.604. The van der Waals surface area contributed by atoms with E-state index < -0.39 is 18.1 Å². The second-order valence-corrected chi connectivity index (χ2v) is 9.85. The zero-order valence-corrected chi connectivity index (χ0v) is 23.4. The van der Waals surface area contributed by atoms with Crippen LogP contribution in [-0.2, 0) is 9.59 Å². The van der Waals surface area contributed by atoms with Gasteiger partial charge in [-0.1, -0.05) is 68.8 Å². The van der Waals surface area contributed by atoms with Gasteiger partial charge >= 0.3 is 0 Å². The SMILES string of the molecule is CC.Cc1cn(C(C(=O)N2CCCC2C(=O)NC(CO)c2ccc(-c3ccncc3Cl)cc2)C(C)C)nn1. The van der Waals surface area contributed by atoms with Crippen molar-refractivity contribution in [3.8, 4) is 11.1 Å². The number of aryl methyl sites for hydroxylation is 1. The molecular formula is C28H37ClN6O3. The van der Waals surface area contributed by atoms with Crippen molar-refractivity contribution in [3.63, 3.8) is 0 Å². The van der Waals surface area contributed by atoms with Crippen LogP contribution in [0.3, 0.4) is 0 Å². The summed E-state index contributed by atoms with van der Waals surface area (Å²) in [5.74, 6) is -0.453. The van der Waals surface area contributed by atoms with E-state index in [1.54, 1.807) is 28.2 Å². The second-order valence-electron chi connectivity index (χ2n) is 9.44. The van der Waals surface area contributed by atoms with Crippen molar-refractivity contribution in [2.45, 2.75) is 65.6 Å². The summed E-state index contributed by atoms with van der Waals surface area (Å²) in [5, 5.41) is 21.7. The Bertz CT molecular complexity index is 1210. The molecule has 2 N–H and O–H groups in total. The molecule has 9 nitrogen and oxygen atoms in total. The number of aromatic nitrogens is 4. The maximum Gasteiger partial charge on any atom is 0.248 e. The fraction of sp³-hybridized carbons (Fsp3) is 0.464. The van der Waals surface area contributed by atoms with E-state index in [1.807, 2.05) is 65.0 Å². The van der Waals surface area contributed by atoms with E-state index in [2.05, 4.69) is 20.6 Å². The molecule has 38 heavy (non-hydrogen) atoms. The number of carbonyl (C=O) groups excluding carboxylic acids is 2. The van der Waals surface area contributed by atoms with E-state index >= 15 is 0 Å². The van der Waals surface area contributed by atoms with Gasteiger partial charge in [-0.2, -0.15) is 0 Å². The maximum absolute atomic E-state index is 13.5. The molecule has 1 aromatic carbocycles. The molecule has 3 unspecified atom stereocenters. The van der Waals surface area contributed by atoms with Crippen LogP contribution in [0.1, 0.15) is 63.9 Å². The van der Waals surface area contributed by atoms with Gasteiger partial charge in [-0.3, -0.25) is 14.6 Å². The molecule has 3 aromatic rings. The highest BCUT2D eigenvalue weighted by Crippen LogP contribution is 2.29. The van der Waals surface area contributed by atoms with Gasteiger partial charge in [-0.05, 0) is 42.9 Å². The number of benzene rings is 1. The molecule has 1 saturated heterocycles. The molecule has 2 amide bonds. The van der Waals surface area contributed by atoms with Crippen molar-refractivity contribution in [2.24, 2.45) is 5.92 Å². The molecule has 3 heterocycles. The lowest BCUT2D eigenvalue weighted by atomic mass is 10.0. The van der Waals surface area contributed by atoms with Crippen LogP contribution in [0.4, 0.5) is 0 Å². The summed E-state index contributed by atoms with van der Waals surface area (Å²) in [7, 11) is 0. The van der Waals surface area contributed by atoms with Gasteiger partial charge in [0.05, 0.1) is 23.4 Å². The second kappa shape index (κ2) is 13.5. The number of likely N-dealkylation sites (tertiary alicyclic amines) is 1. The summed E-state index contributed by atoms with van der Waals surface area (Å²) in [6, 6.07) is 7.58. The Hall–Kier alpha value is -3.30. The van der Waals surface area contributed by atoms with Gasteiger partial charge in [0, 0.05) is 30.7 Å². The molecule has 4 rings (SSSR count). The minimum absolute atomic E-state index is 0.0273. The lowest BCUT2D eigenvalue weighted by Crippen LogP contribution is -2.50. The predicted molar refractivity (Wildman–Crippen MR) is 147 cm³/mol. The van der Waals surface area contributed by atoms with Gasteiger partial charge in [-0.15, -0.1) is 5.10 Å². The first-order valence-electron chi connectivity index (χ1n) is 13.1. The molecule has 1 fully saturated rings. The third-order valence-electron chi connectivity index (χ3n) is 6.53. The first kappa shape index (κ1) is 29.3. The van der Waals surface area contributed by atoms with E-state index in [9.17, 15) is 14.7 Å². The zero-order valence-electron chi connectivity index (χ0n) is 22.6. The standard InChI is InChI=1S/C26H31ClN6O3.C2H6/c1-16(2)24(33-14-17(3)30-31-33)26(36)32-12-4-5-23(32)25(35)29-22(15-34)19-8-6-18(7-9-19)20-10-11-28-13-21(20)27;1-2/h6-11,13-14,16,22-24,34H,4-5,12,15H2,1-3H3,(H,29,35);1-2H3. The number of nitrogens with one attached hydrogen (secondary N) is 1. The number of hydrogen-bond donors (Lipinski definition) is 2. The average molecular weight is 541 g/mol. The van der Waals surface area contributed by atoms with Gasteiger partial charge in [-0.25, -0.2) is 4.68 Å². The molecule has 1 aliphatic heterocycles. The molecule has 10 heteroatoms. The first-order valence-corrected chi connectivity index (χ1v) is 13.5. The van der Waals surface area contributed by atoms with E-state index in [0.29, 0.717) is 18.0 Å². The number of carbonyl (C=O) groups is 2. The van der Waals surface area contributed by atoms with E-state index in [1.165, 1.54) is 0 Å². The highest BCUT2D eigenvalue weighted by atomic mass is 35.5. The topological polar surface area (TPSA) is 113 Å². The minimum Gasteiger partial charge on any atom is -0.394 e. The largest absolute Gasteiger partial charge is 0.394 e. The van der Waals surface area contributed by atoms with Crippen molar-refractivity contribution >= 4 is 23.4 Å². The average Bonchev–Trinajstić information content (AvgIpc) is 3.58. The van der Waals surface area contributed by atoms with Gasteiger partial charge in [0.2, 0.25) is 11.8 Å². The summed E-state index contributed by atoms with van der Waals surface area (Å²) in [6.45, 7) is 9.96. The number of amides is 2. The Morgan fingerprint density at radius 2 is 1.89 bits per heavy atom. The molecule has 0 aliphatic carbocycles. The van der Waals surface area contributed by atoms with Crippen LogP contribution < -0.4 is 5.32 Å². The quantitative estimate of drug-likeness (QED) is 0.439. The highest BCUT2D eigenvalue weighted by molar-refractivity contribution is 6.33. The van der Waals surface area contributed by atoms with Gasteiger partial charge < -0.3 is 15.3 Å². The lowest BCUT2D eigenvalue weighted by Gasteiger charge is -2.30. The van der Waals surface area contributed by atoms with Crippen molar-refractivity contribution in [3.05, 3.63) is 65.2 Å². The number of pyridine rings is 1. The number of halogens is 1. The van der Waals surface area contributed by atoms with Crippen molar-refractivity contribution < 1.29 is 14.7 Å². The third-order valence-corrected chi connectivity index (χ3v) is 6.83. The number of aliphatic hydroxyl groups excluding tert-OH is 1. The van der Waals surface area contributed by atoms with Crippen molar-refractivity contribution in [1.82, 2.24) is 30.2 Å². The highest BCUT2D eigenvalue weighted by Gasteiger charge is 2.39. The predicted octanol–water partition coefficient (Wildman–Crippen LogP) is 4.37. The molecule has 0 bridgehead atoms. The molecule has 2 aromatic heterocycles. The normalized spacial score (nSPS) is 16.5. The molecule has 3 atom stereocenters. The Morgan fingerprint density at radius 3 is 2.47 bits per heavy atom. The Balaban J connectivity index is 0.00000195. The monoisotopic (exact) mass is 540 g/mol. The summed E-state index contributed by atoms with van der Waals surface area (Å²) < 4.78 is 1.59. The smallest absolute Gasteiger partial charge is 0.248 e. The summed E-state index contributed by atoms with van der Waals surface area (Å²) in [4.78, 5) is 32.5. The van der Waals surface area contributed by atoms with E-state index in [-0.39, 0.29) is 24.3 Å².